The van der Waals surface area contributed by atoms with Crippen LogP contribution in [0.1, 0.15) is 83.0 Å². The molecule has 5 rings (SSSR count). The fourth-order valence-corrected chi connectivity index (χ4v) is 5.66. The van der Waals surface area contributed by atoms with Gasteiger partial charge in [0, 0.05) is 42.4 Å². The van der Waals surface area contributed by atoms with Crippen molar-refractivity contribution in [2.24, 2.45) is 18.0 Å². The summed E-state index contributed by atoms with van der Waals surface area (Å²) in [5.41, 5.74) is 4.90. The van der Waals surface area contributed by atoms with E-state index in [1.807, 2.05) is 56.4 Å². The van der Waals surface area contributed by atoms with E-state index in [9.17, 15) is 0 Å². The third-order valence-electron chi connectivity index (χ3n) is 8.10. The second kappa shape index (κ2) is 18.0. The Balaban J connectivity index is 0.000000340. The van der Waals surface area contributed by atoms with Crippen molar-refractivity contribution in [1.29, 1.82) is 5.41 Å². The molecule has 0 aliphatic carbocycles. The molecule has 1 saturated heterocycles. The Bertz CT molecular complexity index is 1300. The summed E-state index contributed by atoms with van der Waals surface area (Å²) in [6, 6.07) is 1.91. The molecule has 2 aromatic heterocycles. The van der Waals surface area contributed by atoms with Crippen LogP contribution >= 0.6 is 11.8 Å². The third kappa shape index (κ3) is 10.2. The summed E-state index contributed by atoms with van der Waals surface area (Å²) in [5.74, 6) is 4.09. The zero-order valence-corrected chi connectivity index (χ0v) is 29.0. The third-order valence-corrected chi connectivity index (χ3v) is 8.10. The number of likely N-dealkylation sites (tertiary alicyclic amines) is 1. The summed E-state index contributed by atoms with van der Waals surface area (Å²) in [5, 5.41) is 19.0. The average Bonchev–Trinajstić information content (AvgIpc) is 3.36. The molecule has 0 spiro atoms. The van der Waals surface area contributed by atoms with E-state index in [0.717, 1.165) is 70.6 Å². The van der Waals surface area contributed by atoms with Crippen LogP contribution in [0.3, 0.4) is 0 Å². The van der Waals surface area contributed by atoms with Crippen LogP contribution in [0.5, 0.6) is 5.75 Å². The average molecular weight is 623 g/mol. The number of aromatic nitrogens is 3. The van der Waals surface area contributed by atoms with Crippen molar-refractivity contribution < 1.29 is 4.74 Å². The van der Waals surface area contributed by atoms with Crippen molar-refractivity contribution in [3.63, 3.8) is 0 Å². The number of amidine groups is 1. The number of nitrogens with one attached hydrogen (secondary N) is 3. The largest absolute Gasteiger partial charge is 0.490 e. The number of aliphatic imine (C=N–C) groups is 1. The van der Waals surface area contributed by atoms with Crippen LogP contribution in [0.4, 0.5) is 5.82 Å². The van der Waals surface area contributed by atoms with Crippen molar-refractivity contribution in [2.75, 3.05) is 44.5 Å². The van der Waals surface area contributed by atoms with E-state index in [1.165, 1.54) is 45.0 Å². The molecule has 10 heteroatoms. The molecule has 3 N–H and O–H groups in total. The number of thioether (sulfide) groups is 1. The number of piperidine rings is 1. The van der Waals surface area contributed by atoms with Crippen LogP contribution in [0, 0.1) is 11.3 Å². The topological polar surface area (TPSA) is 103 Å². The molecule has 5 heterocycles. The first-order valence-corrected chi connectivity index (χ1v) is 17.6. The zero-order chi connectivity index (χ0) is 32.1. The van der Waals surface area contributed by atoms with Crippen LogP contribution in [-0.4, -0.2) is 77.0 Å². The molecule has 3 aliphatic rings. The molecule has 0 aromatic carbocycles. The van der Waals surface area contributed by atoms with Gasteiger partial charge < -0.3 is 25.7 Å². The number of fused-ring (bicyclic) bond motifs is 6. The summed E-state index contributed by atoms with van der Waals surface area (Å²) in [6.45, 7) is 11.6. The molecular weight excluding hydrogens is 568 g/mol. The van der Waals surface area contributed by atoms with Gasteiger partial charge in [-0.3, -0.25) is 9.67 Å². The number of allylic oxidation sites excluding steroid dienone is 2. The normalized spacial score (nSPS) is 18.5. The summed E-state index contributed by atoms with van der Waals surface area (Å²) in [7, 11) is 4.20. The summed E-state index contributed by atoms with van der Waals surface area (Å²) in [6.07, 6.45) is 19.6. The summed E-state index contributed by atoms with van der Waals surface area (Å²) >= 11 is 1.75. The molecule has 1 fully saturated rings. The minimum absolute atomic E-state index is 0.0203. The number of nitrogens with zero attached hydrogens (tertiary/aromatic N) is 5. The van der Waals surface area contributed by atoms with Gasteiger partial charge in [-0.1, -0.05) is 25.3 Å². The van der Waals surface area contributed by atoms with E-state index in [-0.39, 0.29) is 6.10 Å². The van der Waals surface area contributed by atoms with Crippen molar-refractivity contribution in [2.45, 2.75) is 78.7 Å². The number of aryl methyl sites for hydroxylation is 1. The SMILES string of the molecule is CC(C)=C(C=N)c1cnc2cc1O[C@@H](C)CCCc1c(cnn1C)C1=NCC=C(N1)N2.CCCC1CCN(C)CC1.CSC. The Morgan fingerprint density at radius 3 is 2.52 bits per heavy atom. The summed E-state index contributed by atoms with van der Waals surface area (Å²) < 4.78 is 8.29. The van der Waals surface area contributed by atoms with E-state index >= 15 is 0 Å². The maximum Gasteiger partial charge on any atom is 0.137 e. The molecular formula is C34H54N8OS. The predicted molar refractivity (Wildman–Crippen MR) is 188 cm³/mol. The van der Waals surface area contributed by atoms with Gasteiger partial charge in [0.25, 0.3) is 0 Å². The predicted octanol–water partition coefficient (Wildman–Crippen LogP) is 6.77. The Morgan fingerprint density at radius 1 is 1.14 bits per heavy atom. The number of pyridine rings is 1. The maximum atomic E-state index is 7.86. The van der Waals surface area contributed by atoms with Gasteiger partial charge in [-0.25, -0.2) is 4.98 Å². The van der Waals surface area contributed by atoms with Crippen molar-refractivity contribution >= 4 is 35.2 Å². The molecule has 0 amide bonds. The zero-order valence-electron chi connectivity index (χ0n) is 28.2. The van der Waals surface area contributed by atoms with Crippen LogP contribution in [0.25, 0.3) is 5.57 Å². The first kappa shape index (κ1) is 35.4. The highest BCUT2D eigenvalue weighted by Crippen LogP contribution is 2.31. The Labute approximate surface area is 269 Å². The second-order valence-electron chi connectivity index (χ2n) is 12.1. The van der Waals surface area contributed by atoms with Gasteiger partial charge in [0.05, 0.1) is 24.4 Å². The smallest absolute Gasteiger partial charge is 0.137 e. The first-order chi connectivity index (χ1) is 21.2. The lowest BCUT2D eigenvalue weighted by molar-refractivity contribution is 0.207. The quantitative estimate of drug-likeness (QED) is 0.323. The fraction of sp³-hybridized carbons (Fsp3) is 0.588. The number of anilines is 1. The van der Waals surface area contributed by atoms with Gasteiger partial charge in [0.1, 0.15) is 23.2 Å². The highest BCUT2D eigenvalue weighted by atomic mass is 32.2. The molecule has 2 aromatic rings. The standard InChI is InChI=1S/C23H29N7O.C9H19N.C2H6S/c1-14(2)16(11-24)17-12-26-22-10-20(17)31-15(3)6-5-7-19-18(13-27-30(19)4)23-25-9-8-21(28-22)29-23;1-3-4-9-5-7-10(2)8-6-9;1-3-2/h8,10-13,15,24H,5-7,9H2,1-4H3,(H,25,29)(H,26,28);9H,3-8H2,1-2H3;1-2H3/t15-;;/m0../s1. The lowest BCUT2D eigenvalue weighted by Gasteiger charge is -2.28. The fourth-order valence-electron chi connectivity index (χ4n) is 5.66. The second-order valence-corrected chi connectivity index (χ2v) is 12.9. The molecule has 44 heavy (non-hydrogen) atoms. The van der Waals surface area contributed by atoms with Crippen molar-refractivity contribution in [3.05, 3.63) is 52.8 Å². The lowest BCUT2D eigenvalue weighted by atomic mass is 9.93. The van der Waals surface area contributed by atoms with E-state index in [4.69, 9.17) is 10.1 Å². The molecule has 0 saturated carbocycles. The monoisotopic (exact) mass is 622 g/mol. The minimum atomic E-state index is 0.0203. The Kier molecular flexibility index (Phi) is 14.5. The molecule has 3 aliphatic heterocycles. The minimum Gasteiger partial charge on any atom is -0.490 e. The van der Waals surface area contributed by atoms with Gasteiger partial charge in [0.15, 0.2) is 0 Å². The van der Waals surface area contributed by atoms with Gasteiger partial charge in [-0.2, -0.15) is 16.9 Å². The molecule has 242 valence electrons. The molecule has 9 nitrogen and oxygen atoms in total. The van der Waals surface area contributed by atoms with Gasteiger partial charge in [0.2, 0.25) is 0 Å². The van der Waals surface area contributed by atoms with Crippen molar-refractivity contribution in [3.8, 4) is 5.75 Å². The highest BCUT2D eigenvalue weighted by molar-refractivity contribution is 7.97. The molecule has 0 radical (unpaired) electrons. The Morgan fingerprint density at radius 2 is 1.86 bits per heavy atom. The highest BCUT2D eigenvalue weighted by Gasteiger charge is 2.20. The van der Waals surface area contributed by atoms with Gasteiger partial charge >= 0.3 is 0 Å². The molecule has 1 atom stereocenters. The van der Waals surface area contributed by atoms with Gasteiger partial charge in [-0.15, -0.1) is 0 Å². The molecule has 0 unspecified atom stereocenters. The van der Waals surface area contributed by atoms with Crippen LogP contribution in [0.2, 0.25) is 0 Å². The van der Waals surface area contributed by atoms with Gasteiger partial charge in [-0.05, 0) is 97.5 Å². The van der Waals surface area contributed by atoms with Crippen molar-refractivity contribution in [1.82, 2.24) is 25.0 Å². The van der Waals surface area contributed by atoms with E-state index in [1.54, 1.807) is 18.0 Å². The number of rotatable bonds is 4. The number of ether oxygens (including phenoxy) is 1. The Hall–Kier alpha value is -3.11. The number of hydrogen-bond donors (Lipinski definition) is 3. The van der Waals surface area contributed by atoms with E-state index < -0.39 is 0 Å². The molecule has 4 bridgehead atoms. The van der Waals surface area contributed by atoms with E-state index in [0.29, 0.717) is 12.4 Å². The van der Waals surface area contributed by atoms with E-state index in [2.05, 4.69) is 51.5 Å². The first-order valence-electron chi connectivity index (χ1n) is 15.9. The van der Waals surface area contributed by atoms with Crippen LogP contribution < -0.4 is 15.4 Å². The maximum absolute atomic E-state index is 7.86. The number of hydrogen-bond acceptors (Lipinski definition) is 9. The van der Waals surface area contributed by atoms with Crippen LogP contribution in [-0.2, 0) is 13.5 Å². The summed E-state index contributed by atoms with van der Waals surface area (Å²) in [4.78, 5) is 11.7. The lowest BCUT2D eigenvalue weighted by Crippen LogP contribution is -2.32. The van der Waals surface area contributed by atoms with Crippen LogP contribution in [0.15, 0.2) is 40.9 Å².